The maximum absolute atomic E-state index is 4.45. The van der Waals surface area contributed by atoms with Gasteiger partial charge in [-0.2, -0.15) is 0 Å². The van der Waals surface area contributed by atoms with Crippen LogP contribution in [0, 0.1) is 12.8 Å². The highest BCUT2D eigenvalue weighted by atomic mass is 32.1. The maximum Gasteiger partial charge on any atom is 0.0940 e. The first-order valence-corrected chi connectivity index (χ1v) is 6.28. The fourth-order valence-electron chi connectivity index (χ4n) is 1.69. The third kappa shape index (κ3) is 2.79. The number of hydrogen-bond acceptors (Lipinski definition) is 3. The molecule has 1 aromatic rings. The summed E-state index contributed by atoms with van der Waals surface area (Å²) in [7, 11) is 0. The lowest BCUT2D eigenvalue weighted by Crippen LogP contribution is -2.29. The smallest absolute Gasteiger partial charge is 0.0940 e. The van der Waals surface area contributed by atoms with Crippen molar-refractivity contribution in [2.75, 3.05) is 6.54 Å². The van der Waals surface area contributed by atoms with Gasteiger partial charge in [0.15, 0.2) is 0 Å². The summed E-state index contributed by atoms with van der Waals surface area (Å²) in [6.07, 6.45) is 3.92. The van der Waals surface area contributed by atoms with E-state index >= 15 is 0 Å². The SMILES string of the molecule is Cc1csc(CCNC(C)C2CC2)n1. The minimum absolute atomic E-state index is 0.705. The molecule has 1 saturated carbocycles. The summed E-state index contributed by atoms with van der Waals surface area (Å²) in [5.41, 5.74) is 1.15. The van der Waals surface area contributed by atoms with E-state index in [-0.39, 0.29) is 0 Å². The summed E-state index contributed by atoms with van der Waals surface area (Å²) in [6.45, 7) is 5.43. The molecule has 1 N–H and O–H groups in total. The molecule has 3 heteroatoms. The van der Waals surface area contributed by atoms with Crippen LogP contribution >= 0.6 is 11.3 Å². The average Bonchev–Trinajstić information content (AvgIpc) is 2.92. The number of hydrogen-bond donors (Lipinski definition) is 1. The minimum Gasteiger partial charge on any atom is -0.314 e. The van der Waals surface area contributed by atoms with Gasteiger partial charge in [-0.3, -0.25) is 0 Å². The van der Waals surface area contributed by atoms with E-state index < -0.39 is 0 Å². The molecule has 0 radical (unpaired) electrons. The van der Waals surface area contributed by atoms with Gasteiger partial charge in [-0.05, 0) is 32.6 Å². The van der Waals surface area contributed by atoms with Crippen LogP contribution in [-0.2, 0) is 6.42 Å². The fraction of sp³-hybridized carbons (Fsp3) is 0.727. The van der Waals surface area contributed by atoms with E-state index in [0.29, 0.717) is 6.04 Å². The van der Waals surface area contributed by atoms with Crippen LogP contribution in [0.5, 0.6) is 0 Å². The van der Waals surface area contributed by atoms with Crippen molar-refractivity contribution in [1.82, 2.24) is 10.3 Å². The molecule has 0 spiro atoms. The molecular formula is C11H18N2S. The van der Waals surface area contributed by atoms with Gasteiger partial charge >= 0.3 is 0 Å². The van der Waals surface area contributed by atoms with Crippen molar-refractivity contribution in [2.24, 2.45) is 5.92 Å². The molecule has 1 heterocycles. The average molecular weight is 210 g/mol. The molecule has 1 unspecified atom stereocenters. The predicted octanol–water partition coefficient (Wildman–Crippen LogP) is 2.38. The minimum atomic E-state index is 0.705. The molecule has 1 atom stereocenters. The molecule has 0 amide bonds. The predicted molar refractivity (Wildman–Crippen MR) is 60.7 cm³/mol. The molecule has 0 saturated heterocycles. The quantitative estimate of drug-likeness (QED) is 0.807. The van der Waals surface area contributed by atoms with E-state index in [1.807, 2.05) is 0 Å². The van der Waals surface area contributed by atoms with Crippen molar-refractivity contribution < 1.29 is 0 Å². The van der Waals surface area contributed by atoms with Crippen LogP contribution in [0.25, 0.3) is 0 Å². The highest BCUT2D eigenvalue weighted by molar-refractivity contribution is 7.09. The van der Waals surface area contributed by atoms with Crippen molar-refractivity contribution in [3.05, 3.63) is 16.1 Å². The van der Waals surface area contributed by atoms with E-state index in [0.717, 1.165) is 24.6 Å². The van der Waals surface area contributed by atoms with Crippen LogP contribution < -0.4 is 5.32 Å². The summed E-state index contributed by atoms with van der Waals surface area (Å²) in [5.74, 6) is 0.952. The second kappa shape index (κ2) is 4.41. The highest BCUT2D eigenvalue weighted by Gasteiger charge is 2.27. The molecule has 1 aromatic heterocycles. The normalized spacial score (nSPS) is 18.4. The lowest BCUT2D eigenvalue weighted by Gasteiger charge is -2.11. The first-order chi connectivity index (χ1) is 6.75. The largest absolute Gasteiger partial charge is 0.314 e. The van der Waals surface area contributed by atoms with Crippen LogP contribution in [0.15, 0.2) is 5.38 Å². The first kappa shape index (κ1) is 10.1. The van der Waals surface area contributed by atoms with Gasteiger partial charge in [0.05, 0.1) is 5.01 Å². The second-order valence-corrected chi connectivity index (χ2v) is 5.16. The zero-order valence-corrected chi connectivity index (χ0v) is 9.73. The Morgan fingerprint density at radius 2 is 2.43 bits per heavy atom. The number of nitrogens with one attached hydrogen (secondary N) is 1. The van der Waals surface area contributed by atoms with Crippen LogP contribution in [0.2, 0.25) is 0 Å². The molecule has 0 bridgehead atoms. The van der Waals surface area contributed by atoms with Gasteiger partial charge in [0, 0.05) is 30.1 Å². The zero-order chi connectivity index (χ0) is 9.97. The van der Waals surface area contributed by atoms with E-state index in [9.17, 15) is 0 Å². The summed E-state index contributed by atoms with van der Waals surface area (Å²) in [6, 6.07) is 0.705. The fourth-order valence-corrected chi connectivity index (χ4v) is 2.46. The van der Waals surface area contributed by atoms with Gasteiger partial charge in [-0.25, -0.2) is 4.98 Å². The monoisotopic (exact) mass is 210 g/mol. The molecule has 0 aliphatic heterocycles. The molecule has 1 aliphatic rings. The van der Waals surface area contributed by atoms with E-state index in [2.05, 4.69) is 29.5 Å². The Morgan fingerprint density at radius 1 is 1.64 bits per heavy atom. The van der Waals surface area contributed by atoms with Gasteiger partial charge in [-0.15, -0.1) is 11.3 Å². The summed E-state index contributed by atoms with van der Waals surface area (Å²) < 4.78 is 0. The van der Waals surface area contributed by atoms with Gasteiger partial charge in [0.1, 0.15) is 0 Å². The third-order valence-electron chi connectivity index (χ3n) is 2.80. The van der Waals surface area contributed by atoms with E-state index in [1.54, 1.807) is 11.3 Å². The summed E-state index contributed by atoms with van der Waals surface area (Å²) >= 11 is 1.77. The Balaban J connectivity index is 1.67. The van der Waals surface area contributed by atoms with Crippen LogP contribution in [-0.4, -0.2) is 17.6 Å². The van der Waals surface area contributed by atoms with Gasteiger partial charge < -0.3 is 5.32 Å². The number of thiazole rings is 1. The Hall–Kier alpha value is -0.410. The zero-order valence-electron chi connectivity index (χ0n) is 8.92. The lowest BCUT2D eigenvalue weighted by atomic mass is 10.2. The van der Waals surface area contributed by atoms with Gasteiger partial charge in [0.25, 0.3) is 0 Å². The number of aromatic nitrogens is 1. The lowest BCUT2D eigenvalue weighted by molar-refractivity contribution is 0.500. The molecular weight excluding hydrogens is 192 g/mol. The Kier molecular flexibility index (Phi) is 3.19. The standard InChI is InChI=1S/C11H18N2S/c1-8-7-14-11(13-8)5-6-12-9(2)10-3-4-10/h7,9-10,12H,3-6H2,1-2H3. The molecule has 14 heavy (non-hydrogen) atoms. The Bertz CT molecular complexity index is 291. The third-order valence-corrected chi connectivity index (χ3v) is 3.83. The molecule has 0 aromatic carbocycles. The van der Waals surface area contributed by atoms with Crippen molar-refractivity contribution in [3.63, 3.8) is 0 Å². The number of rotatable bonds is 5. The molecule has 2 rings (SSSR count). The van der Waals surface area contributed by atoms with E-state index in [1.165, 1.54) is 17.8 Å². The van der Waals surface area contributed by atoms with Gasteiger partial charge in [-0.1, -0.05) is 0 Å². The summed E-state index contributed by atoms with van der Waals surface area (Å²) in [5, 5.41) is 6.96. The van der Waals surface area contributed by atoms with Crippen LogP contribution in [0.1, 0.15) is 30.5 Å². The maximum atomic E-state index is 4.45. The molecule has 2 nitrogen and oxygen atoms in total. The van der Waals surface area contributed by atoms with Crippen molar-refractivity contribution in [2.45, 2.75) is 39.2 Å². The number of nitrogens with zero attached hydrogens (tertiary/aromatic N) is 1. The first-order valence-electron chi connectivity index (χ1n) is 5.40. The summed E-state index contributed by atoms with van der Waals surface area (Å²) in [4.78, 5) is 4.45. The van der Waals surface area contributed by atoms with Crippen LogP contribution in [0.4, 0.5) is 0 Å². The Labute approximate surface area is 89.8 Å². The van der Waals surface area contributed by atoms with Gasteiger partial charge in [0.2, 0.25) is 0 Å². The Morgan fingerprint density at radius 3 is 3.00 bits per heavy atom. The van der Waals surface area contributed by atoms with Crippen LogP contribution in [0.3, 0.4) is 0 Å². The number of aryl methyl sites for hydroxylation is 1. The topological polar surface area (TPSA) is 24.9 Å². The highest BCUT2D eigenvalue weighted by Crippen LogP contribution is 2.32. The van der Waals surface area contributed by atoms with E-state index in [4.69, 9.17) is 0 Å². The molecule has 1 fully saturated rings. The molecule has 1 aliphatic carbocycles. The van der Waals surface area contributed by atoms with Crippen molar-refractivity contribution >= 4 is 11.3 Å². The van der Waals surface area contributed by atoms with Crippen molar-refractivity contribution in [1.29, 1.82) is 0 Å². The molecule has 78 valence electrons. The van der Waals surface area contributed by atoms with Crippen molar-refractivity contribution in [3.8, 4) is 0 Å². The second-order valence-electron chi connectivity index (χ2n) is 4.21.